The van der Waals surface area contributed by atoms with Crippen LogP contribution in [0.3, 0.4) is 0 Å². The average molecular weight is 342 g/mol. The fraction of sp³-hybridized carbons (Fsp3) is 0.667. The van der Waals surface area contributed by atoms with Crippen LogP contribution < -0.4 is 11.1 Å². The zero-order valence-electron chi connectivity index (χ0n) is 8.90. The van der Waals surface area contributed by atoms with Crippen molar-refractivity contribution in [1.82, 2.24) is 5.32 Å². The summed E-state index contributed by atoms with van der Waals surface area (Å²) in [5, 5.41) is 10.9. The van der Waals surface area contributed by atoms with Crippen LogP contribution in [0, 0.1) is 0 Å². The summed E-state index contributed by atoms with van der Waals surface area (Å²) in [5.41, 5.74) is 5.34. The van der Waals surface area contributed by atoms with Gasteiger partial charge in [-0.15, -0.1) is 0 Å². The number of carboxylic acid groups (broad SMARTS) is 1. The molecule has 0 aliphatic carbocycles. The number of carbonyl (C=O) groups excluding carboxylic acids is 2. The van der Waals surface area contributed by atoms with Gasteiger partial charge in [0.1, 0.15) is 3.92 Å². The molecule has 2 atom stereocenters. The second-order valence-electron chi connectivity index (χ2n) is 3.18. The van der Waals surface area contributed by atoms with Crippen molar-refractivity contribution >= 4 is 40.3 Å². The smallest absolute Gasteiger partial charge is 0.304 e. The average Bonchev–Trinajstić information content (AvgIpc) is 2.23. The van der Waals surface area contributed by atoms with Crippen molar-refractivity contribution in [1.29, 1.82) is 0 Å². The van der Waals surface area contributed by atoms with E-state index in [0.29, 0.717) is 0 Å². The number of halogens is 1. The summed E-state index contributed by atoms with van der Waals surface area (Å²) < 4.78 is -0.700. The summed E-state index contributed by atoms with van der Waals surface area (Å²) in [6.45, 7) is 1.70. The molecule has 0 aliphatic rings. The first-order valence-electron chi connectivity index (χ1n) is 4.81. The van der Waals surface area contributed by atoms with Gasteiger partial charge >= 0.3 is 5.97 Å². The van der Waals surface area contributed by atoms with Crippen molar-refractivity contribution in [2.24, 2.45) is 5.73 Å². The van der Waals surface area contributed by atoms with Crippen molar-refractivity contribution in [2.45, 2.75) is 29.7 Å². The standard InChI is InChI=1S/C9H15IN2O4/c1-2-7(13)6(4-11)12-9(16)5(10)3-8(14)15/h5-6H,2-4,11H2,1H3,(H,12,16)(H,14,15)/t5?,6-/m0/s1. The number of amides is 1. The molecule has 0 rings (SSSR count). The Morgan fingerprint density at radius 3 is 2.38 bits per heavy atom. The Hall–Kier alpha value is -0.700. The van der Waals surface area contributed by atoms with Crippen LogP contribution >= 0.6 is 22.6 Å². The van der Waals surface area contributed by atoms with E-state index in [-0.39, 0.29) is 25.2 Å². The molecule has 0 bridgehead atoms. The zero-order chi connectivity index (χ0) is 12.7. The van der Waals surface area contributed by atoms with Gasteiger partial charge in [-0.05, 0) is 0 Å². The monoisotopic (exact) mass is 342 g/mol. The van der Waals surface area contributed by atoms with Crippen LogP contribution in [0.15, 0.2) is 0 Å². The Labute approximate surface area is 107 Å². The highest BCUT2D eigenvalue weighted by Gasteiger charge is 2.23. The molecule has 0 aliphatic heterocycles. The molecule has 0 aromatic heterocycles. The molecule has 1 unspecified atom stereocenters. The minimum atomic E-state index is -1.05. The van der Waals surface area contributed by atoms with E-state index in [1.807, 2.05) is 0 Å². The summed E-state index contributed by atoms with van der Waals surface area (Å²) in [6.07, 6.45) is 0.0109. The van der Waals surface area contributed by atoms with E-state index < -0.39 is 21.8 Å². The van der Waals surface area contributed by atoms with Gasteiger partial charge in [0.05, 0.1) is 12.5 Å². The summed E-state index contributed by atoms with van der Waals surface area (Å²) in [4.78, 5) is 33.2. The largest absolute Gasteiger partial charge is 0.481 e. The SMILES string of the molecule is CCC(=O)[C@H](CN)NC(=O)C(I)CC(=O)O. The Bertz CT molecular complexity index is 283. The fourth-order valence-corrected chi connectivity index (χ4v) is 1.58. The van der Waals surface area contributed by atoms with Gasteiger partial charge in [-0.1, -0.05) is 29.5 Å². The van der Waals surface area contributed by atoms with Crippen molar-refractivity contribution in [3.63, 3.8) is 0 Å². The van der Waals surface area contributed by atoms with Crippen LogP contribution in [0.25, 0.3) is 0 Å². The lowest BCUT2D eigenvalue weighted by atomic mass is 10.1. The molecule has 0 saturated heterocycles. The molecule has 0 spiro atoms. The lowest BCUT2D eigenvalue weighted by Gasteiger charge is -2.16. The summed E-state index contributed by atoms with van der Waals surface area (Å²) in [6, 6.07) is -0.719. The number of rotatable bonds is 7. The highest BCUT2D eigenvalue weighted by molar-refractivity contribution is 14.1. The Balaban J connectivity index is 4.29. The third kappa shape index (κ3) is 5.40. The maximum absolute atomic E-state index is 11.5. The lowest BCUT2D eigenvalue weighted by Crippen LogP contribution is -2.48. The predicted molar refractivity (Wildman–Crippen MR) is 66.3 cm³/mol. The van der Waals surface area contributed by atoms with Gasteiger partial charge in [0.2, 0.25) is 5.91 Å². The van der Waals surface area contributed by atoms with Gasteiger partial charge in [-0.2, -0.15) is 0 Å². The Morgan fingerprint density at radius 1 is 1.44 bits per heavy atom. The molecule has 92 valence electrons. The molecular formula is C9H15IN2O4. The Kier molecular flexibility index (Phi) is 7.22. The summed E-state index contributed by atoms with van der Waals surface area (Å²) in [7, 11) is 0. The minimum absolute atomic E-state index is 0.0227. The first-order valence-corrected chi connectivity index (χ1v) is 6.05. The van der Waals surface area contributed by atoms with Crippen molar-refractivity contribution < 1.29 is 19.5 Å². The molecule has 0 aromatic rings. The number of nitrogens with one attached hydrogen (secondary N) is 1. The zero-order valence-corrected chi connectivity index (χ0v) is 11.1. The lowest BCUT2D eigenvalue weighted by molar-refractivity contribution is -0.138. The van der Waals surface area contributed by atoms with E-state index in [2.05, 4.69) is 5.32 Å². The number of hydrogen-bond donors (Lipinski definition) is 3. The highest BCUT2D eigenvalue weighted by Crippen LogP contribution is 2.06. The van der Waals surface area contributed by atoms with E-state index in [0.717, 1.165) is 0 Å². The number of ketones is 1. The number of Topliss-reactive ketones (excluding diaryl/α,β-unsaturated/α-hetero) is 1. The van der Waals surface area contributed by atoms with Gasteiger partial charge in [0.15, 0.2) is 5.78 Å². The number of aliphatic carboxylic acids is 1. The van der Waals surface area contributed by atoms with Crippen LogP contribution in [0.4, 0.5) is 0 Å². The first-order chi connectivity index (χ1) is 7.42. The quantitative estimate of drug-likeness (QED) is 0.434. The van der Waals surface area contributed by atoms with Gasteiger partial charge in [-0.25, -0.2) is 0 Å². The predicted octanol–water partition coefficient (Wildman–Crippen LogP) is -0.313. The van der Waals surface area contributed by atoms with Crippen molar-refractivity contribution in [2.75, 3.05) is 6.54 Å². The van der Waals surface area contributed by atoms with E-state index in [9.17, 15) is 14.4 Å². The molecule has 0 fully saturated rings. The van der Waals surface area contributed by atoms with Gasteiger partial charge in [0, 0.05) is 13.0 Å². The molecule has 1 amide bonds. The highest BCUT2D eigenvalue weighted by atomic mass is 127. The van der Waals surface area contributed by atoms with E-state index >= 15 is 0 Å². The Morgan fingerprint density at radius 2 is 2.00 bits per heavy atom. The van der Waals surface area contributed by atoms with Crippen LogP contribution in [0.5, 0.6) is 0 Å². The number of carbonyl (C=O) groups is 3. The van der Waals surface area contributed by atoms with E-state index in [1.165, 1.54) is 0 Å². The molecule has 4 N–H and O–H groups in total. The second kappa shape index (κ2) is 7.55. The first kappa shape index (κ1) is 15.3. The molecule has 0 heterocycles. The van der Waals surface area contributed by atoms with E-state index in [4.69, 9.17) is 10.8 Å². The molecule has 0 saturated carbocycles. The maximum Gasteiger partial charge on any atom is 0.304 e. The van der Waals surface area contributed by atoms with Crippen LogP contribution in [-0.4, -0.2) is 39.3 Å². The maximum atomic E-state index is 11.5. The number of hydrogen-bond acceptors (Lipinski definition) is 4. The molecular weight excluding hydrogens is 327 g/mol. The van der Waals surface area contributed by atoms with Crippen molar-refractivity contribution in [3.8, 4) is 0 Å². The molecule has 7 heteroatoms. The van der Waals surface area contributed by atoms with Crippen LogP contribution in [0.2, 0.25) is 0 Å². The fourth-order valence-electron chi connectivity index (χ4n) is 1.03. The number of carboxylic acids is 1. The number of alkyl halides is 1. The van der Waals surface area contributed by atoms with E-state index in [1.54, 1.807) is 29.5 Å². The topological polar surface area (TPSA) is 109 Å². The second-order valence-corrected chi connectivity index (χ2v) is 4.69. The van der Waals surface area contributed by atoms with Crippen LogP contribution in [-0.2, 0) is 14.4 Å². The summed E-state index contributed by atoms with van der Waals surface area (Å²) in [5.74, 6) is -1.68. The molecule has 6 nitrogen and oxygen atoms in total. The number of nitrogens with two attached hydrogens (primary N) is 1. The van der Waals surface area contributed by atoms with Crippen LogP contribution in [0.1, 0.15) is 19.8 Å². The third-order valence-corrected chi connectivity index (χ3v) is 2.93. The minimum Gasteiger partial charge on any atom is -0.481 e. The van der Waals surface area contributed by atoms with Gasteiger partial charge in [0.25, 0.3) is 0 Å². The van der Waals surface area contributed by atoms with Crippen molar-refractivity contribution in [3.05, 3.63) is 0 Å². The molecule has 16 heavy (non-hydrogen) atoms. The molecule has 0 radical (unpaired) electrons. The molecule has 0 aromatic carbocycles. The third-order valence-electron chi connectivity index (χ3n) is 1.93. The normalized spacial score (nSPS) is 13.9. The van der Waals surface area contributed by atoms with Gasteiger partial charge < -0.3 is 16.2 Å². The van der Waals surface area contributed by atoms with Gasteiger partial charge in [-0.3, -0.25) is 14.4 Å². The summed E-state index contributed by atoms with van der Waals surface area (Å²) >= 11 is 1.72.